The van der Waals surface area contributed by atoms with Crippen molar-refractivity contribution in [3.63, 3.8) is 0 Å². The summed E-state index contributed by atoms with van der Waals surface area (Å²) in [7, 11) is 0. The summed E-state index contributed by atoms with van der Waals surface area (Å²) in [4.78, 5) is 10.4. The summed E-state index contributed by atoms with van der Waals surface area (Å²) < 4.78 is 6.40. The van der Waals surface area contributed by atoms with Gasteiger partial charge in [0.15, 0.2) is 0 Å². The predicted molar refractivity (Wildman–Crippen MR) is 66.6 cm³/mol. The minimum atomic E-state index is -0.971. The Balaban J connectivity index is 2.93. The van der Waals surface area contributed by atoms with E-state index in [1.54, 1.807) is 0 Å². The highest BCUT2D eigenvalue weighted by Gasteiger charge is 2.02. The Kier molecular flexibility index (Phi) is 5.05. The molecule has 0 bridgehead atoms. The van der Waals surface area contributed by atoms with Gasteiger partial charge >= 0.3 is 5.97 Å². The highest BCUT2D eigenvalue weighted by Crippen LogP contribution is 2.24. The van der Waals surface area contributed by atoms with Crippen LogP contribution in [0.1, 0.15) is 18.9 Å². The first-order chi connectivity index (χ1) is 7.63. The molecule has 4 heteroatoms. The van der Waals surface area contributed by atoms with E-state index in [4.69, 9.17) is 9.84 Å². The number of hydrogen-bond donors (Lipinski definition) is 1. The van der Waals surface area contributed by atoms with Crippen molar-refractivity contribution in [3.05, 3.63) is 34.3 Å². The Morgan fingerprint density at radius 1 is 1.56 bits per heavy atom. The molecule has 0 radical (unpaired) electrons. The van der Waals surface area contributed by atoms with E-state index in [-0.39, 0.29) is 0 Å². The van der Waals surface area contributed by atoms with E-state index in [1.165, 1.54) is 6.08 Å². The van der Waals surface area contributed by atoms with Gasteiger partial charge in [0, 0.05) is 16.1 Å². The molecule has 1 aromatic carbocycles. The monoisotopic (exact) mass is 284 g/mol. The van der Waals surface area contributed by atoms with Crippen molar-refractivity contribution in [1.29, 1.82) is 0 Å². The van der Waals surface area contributed by atoms with E-state index in [9.17, 15) is 4.79 Å². The Labute approximate surface area is 103 Å². The second kappa shape index (κ2) is 6.33. The maximum absolute atomic E-state index is 10.4. The summed E-state index contributed by atoms with van der Waals surface area (Å²) in [6.45, 7) is 2.64. The number of halogens is 1. The number of aliphatic carboxylic acids is 1. The van der Waals surface area contributed by atoms with Crippen molar-refractivity contribution in [3.8, 4) is 5.75 Å². The van der Waals surface area contributed by atoms with Gasteiger partial charge in [0.25, 0.3) is 0 Å². The highest BCUT2D eigenvalue weighted by molar-refractivity contribution is 9.10. The molecule has 86 valence electrons. The lowest BCUT2D eigenvalue weighted by Gasteiger charge is -2.08. The molecule has 16 heavy (non-hydrogen) atoms. The molecule has 0 spiro atoms. The fourth-order valence-corrected chi connectivity index (χ4v) is 1.53. The molecule has 0 aliphatic carbocycles. The van der Waals surface area contributed by atoms with Crippen molar-refractivity contribution in [1.82, 2.24) is 0 Å². The van der Waals surface area contributed by atoms with Gasteiger partial charge in [-0.2, -0.15) is 0 Å². The van der Waals surface area contributed by atoms with Gasteiger partial charge in [-0.05, 0) is 30.7 Å². The normalized spacial score (nSPS) is 10.6. The van der Waals surface area contributed by atoms with Crippen LogP contribution in [0.25, 0.3) is 6.08 Å². The van der Waals surface area contributed by atoms with E-state index in [0.29, 0.717) is 12.4 Å². The molecule has 0 heterocycles. The topological polar surface area (TPSA) is 46.5 Å². The van der Waals surface area contributed by atoms with Crippen LogP contribution in [-0.4, -0.2) is 17.7 Å². The zero-order chi connectivity index (χ0) is 12.0. The van der Waals surface area contributed by atoms with Gasteiger partial charge in [0.2, 0.25) is 0 Å². The molecular weight excluding hydrogens is 272 g/mol. The van der Waals surface area contributed by atoms with E-state index in [0.717, 1.165) is 22.5 Å². The van der Waals surface area contributed by atoms with Crippen LogP contribution in [0.5, 0.6) is 5.75 Å². The summed E-state index contributed by atoms with van der Waals surface area (Å²) >= 11 is 3.33. The Morgan fingerprint density at radius 2 is 2.31 bits per heavy atom. The molecule has 1 N–H and O–H groups in total. The van der Waals surface area contributed by atoms with Gasteiger partial charge in [-0.25, -0.2) is 4.79 Å². The molecule has 0 fully saturated rings. The van der Waals surface area contributed by atoms with Crippen molar-refractivity contribution in [2.75, 3.05) is 6.61 Å². The summed E-state index contributed by atoms with van der Waals surface area (Å²) in [5.41, 5.74) is 0.755. The minimum absolute atomic E-state index is 0.621. The number of hydrogen-bond acceptors (Lipinski definition) is 2. The second-order valence-electron chi connectivity index (χ2n) is 3.20. The van der Waals surface area contributed by atoms with Crippen LogP contribution in [0.15, 0.2) is 28.7 Å². The van der Waals surface area contributed by atoms with E-state index < -0.39 is 5.97 Å². The van der Waals surface area contributed by atoms with Gasteiger partial charge in [0.05, 0.1) is 6.61 Å². The van der Waals surface area contributed by atoms with Gasteiger partial charge in [-0.15, -0.1) is 0 Å². The largest absolute Gasteiger partial charge is 0.493 e. The third-order valence-electron chi connectivity index (χ3n) is 1.84. The molecular formula is C12H13BrO3. The van der Waals surface area contributed by atoms with Gasteiger partial charge in [-0.3, -0.25) is 0 Å². The number of carbonyl (C=O) groups is 1. The van der Waals surface area contributed by atoms with Crippen LogP contribution in [-0.2, 0) is 4.79 Å². The average Bonchev–Trinajstić information content (AvgIpc) is 2.25. The molecule has 0 aliphatic heterocycles. The smallest absolute Gasteiger partial charge is 0.328 e. The standard InChI is InChI=1S/C12H13BrO3/c1-2-7-16-11-5-4-10(13)8-9(11)3-6-12(14)15/h3-6,8H,2,7H2,1H3,(H,14,15)/b6-3+. The number of rotatable bonds is 5. The first kappa shape index (κ1) is 12.8. The Bertz CT molecular complexity index is 399. The maximum Gasteiger partial charge on any atom is 0.328 e. The second-order valence-corrected chi connectivity index (χ2v) is 4.12. The summed E-state index contributed by atoms with van der Waals surface area (Å²) in [6.07, 6.45) is 3.54. The predicted octanol–water partition coefficient (Wildman–Crippen LogP) is 3.34. The number of ether oxygens (including phenoxy) is 1. The average molecular weight is 285 g/mol. The molecule has 0 aliphatic rings. The van der Waals surface area contributed by atoms with Crippen LogP contribution < -0.4 is 4.74 Å². The first-order valence-electron chi connectivity index (χ1n) is 4.97. The van der Waals surface area contributed by atoms with Gasteiger partial charge < -0.3 is 9.84 Å². The fraction of sp³-hybridized carbons (Fsp3) is 0.250. The fourth-order valence-electron chi connectivity index (χ4n) is 1.15. The van der Waals surface area contributed by atoms with Gasteiger partial charge in [0.1, 0.15) is 5.75 Å². The van der Waals surface area contributed by atoms with Crippen LogP contribution in [0, 0.1) is 0 Å². The quantitative estimate of drug-likeness (QED) is 0.844. The molecule has 0 aromatic heterocycles. The molecule has 0 atom stereocenters. The minimum Gasteiger partial charge on any atom is -0.493 e. The third kappa shape index (κ3) is 4.06. The SMILES string of the molecule is CCCOc1ccc(Br)cc1/C=C/C(=O)O. The van der Waals surface area contributed by atoms with E-state index in [2.05, 4.69) is 15.9 Å². The molecule has 1 aromatic rings. The molecule has 0 saturated heterocycles. The summed E-state index contributed by atoms with van der Waals surface area (Å²) in [5.74, 6) is -0.274. The molecule has 3 nitrogen and oxygen atoms in total. The van der Waals surface area contributed by atoms with E-state index >= 15 is 0 Å². The van der Waals surface area contributed by atoms with E-state index in [1.807, 2.05) is 25.1 Å². The molecule has 0 amide bonds. The lowest BCUT2D eigenvalue weighted by molar-refractivity contribution is -0.131. The molecule has 1 rings (SSSR count). The van der Waals surface area contributed by atoms with Crippen LogP contribution in [0.2, 0.25) is 0 Å². The summed E-state index contributed by atoms with van der Waals surface area (Å²) in [5, 5.41) is 8.57. The number of carboxylic acids is 1. The van der Waals surface area contributed by atoms with Gasteiger partial charge in [-0.1, -0.05) is 22.9 Å². The van der Waals surface area contributed by atoms with Crippen molar-refractivity contribution in [2.45, 2.75) is 13.3 Å². The highest BCUT2D eigenvalue weighted by atomic mass is 79.9. The number of carboxylic acid groups (broad SMARTS) is 1. The lowest BCUT2D eigenvalue weighted by Crippen LogP contribution is -1.97. The van der Waals surface area contributed by atoms with Crippen LogP contribution in [0.3, 0.4) is 0 Å². The van der Waals surface area contributed by atoms with Crippen molar-refractivity contribution in [2.24, 2.45) is 0 Å². The number of benzene rings is 1. The van der Waals surface area contributed by atoms with Crippen LogP contribution in [0.4, 0.5) is 0 Å². The Hall–Kier alpha value is -1.29. The Morgan fingerprint density at radius 3 is 2.94 bits per heavy atom. The zero-order valence-electron chi connectivity index (χ0n) is 8.94. The maximum atomic E-state index is 10.4. The molecule has 0 unspecified atom stereocenters. The third-order valence-corrected chi connectivity index (χ3v) is 2.33. The summed E-state index contributed by atoms with van der Waals surface area (Å²) in [6, 6.07) is 5.51. The molecule has 0 saturated carbocycles. The lowest BCUT2D eigenvalue weighted by atomic mass is 10.2. The van der Waals surface area contributed by atoms with Crippen LogP contribution >= 0.6 is 15.9 Å². The first-order valence-corrected chi connectivity index (χ1v) is 5.76. The van der Waals surface area contributed by atoms with Crippen molar-refractivity contribution < 1.29 is 14.6 Å². The van der Waals surface area contributed by atoms with Crippen molar-refractivity contribution >= 4 is 28.0 Å². The zero-order valence-corrected chi connectivity index (χ0v) is 10.5.